The number of nitrogens with zero attached hydrogens (tertiary/aromatic N) is 2. The number of aromatic nitrogens is 1. The van der Waals surface area contributed by atoms with Gasteiger partial charge in [0.25, 0.3) is 0 Å². The molecule has 1 atom stereocenters. The van der Waals surface area contributed by atoms with Gasteiger partial charge in [-0.3, -0.25) is 9.98 Å². The van der Waals surface area contributed by atoms with Gasteiger partial charge in [-0.25, -0.2) is 0 Å². The Bertz CT molecular complexity index is 372. The second-order valence-corrected chi connectivity index (χ2v) is 5.24. The minimum atomic E-state index is 0.665. The summed E-state index contributed by atoms with van der Waals surface area (Å²) in [5.74, 6) is 0. The maximum absolute atomic E-state index is 4.47. The zero-order chi connectivity index (χ0) is 11.4. The van der Waals surface area contributed by atoms with Crippen molar-refractivity contribution < 1.29 is 0 Å². The molecule has 1 aliphatic rings. The maximum Gasteiger partial charge on any atom is 0.157 e. The van der Waals surface area contributed by atoms with Gasteiger partial charge in [-0.15, -0.1) is 0 Å². The number of rotatable bonds is 3. The Morgan fingerprint density at radius 2 is 2.38 bits per heavy atom. The molecule has 3 nitrogen and oxygen atoms in total. The van der Waals surface area contributed by atoms with E-state index in [2.05, 4.69) is 28.3 Å². The van der Waals surface area contributed by atoms with Gasteiger partial charge in [0.2, 0.25) is 0 Å². The first-order valence-electron chi connectivity index (χ1n) is 5.64. The van der Waals surface area contributed by atoms with Gasteiger partial charge in [0.1, 0.15) is 0 Å². The third kappa shape index (κ3) is 2.98. The summed E-state index contributed by atoms with van der Waals surface area (Å²) in [6, 6.07) is 4.14. The summed E-state index contributed by atoms with van der Waals surface area (Å²) in [6.45, 7) is 5.98. The molecular formula is C12H17N3S. The highest BCUT2D eigenvalue weighted by Gasteiger charge is 2.16. The summed E-state index contributed by atoms with van der Waals surface area (Å²) in [5, 5.41) is 5.10. The van der Waals surface area contributed by atoms with Crippen LogP contribution in [0, 0.1) is 6.92 Å². The largest absolute Gasteiger partial charge is 0.361 e. The lowest BCUT2D eigenvalue weighted by Gasteiger charge is -2.06. The van der Waals surface area contributed by atoms with Gasteiger partial charge in [0.15, 0.2) is 5.17 Å². The van der Waals surface area contributed by atoms with Crippen LogP contribution in [0.5, 0.6) is 0 Å². The molecule has 2 rings (SSSR count). The van der Waals surface area contributed by atoms with Crippen molar-refractivity contribution in [3.63, 3.8) is 0 Å². The standard InChI is InChI=1S/C12H17N3S/c1-3-11-8-15-12(16-11)14-7-10-5-4-9(2)13-6-10/h4-6,11H,3,7-8H2,1-2H3,(H,14,15). The van der Waals surface area contributed by atoms with E-state index in [1.165, 1.54) is 12.0 Å². The van der Waals surface area contributed by atoms with Crippen LogP contribution in [0.2, 0.25) is 0 Å². The van der Waals surface area contributed by atoms with Crippen molar-refractivity contribution >= 4 is 16.9 Å². The van der Waals surface area contributed by atoms with Crippen LogP contribution in [0.25, 0.3) is 0 Å². The zero-order valence-corrected chi connectivity index (χ0v) is 10.5. The first kappa shape index (κ1) is 11.5. The van der Waals surface area contributed by atoms with E-state index in [0.29, 0.717) is 5.25 Å². The molecule has 0 aromatic carbocycles. The molecule has 4 heteroatoms. The van der Waals surface area contributed by atoms with Crippen LogP contribution in [-0.2, 0) is 6.54 Å². The number of aryl methyl sites for hydroxylation is 1. The molecule has 1 aromatic heterocycles. The topological polar surface area (TPSA) is 37.3 Å². The molecule has 0 bridgehead atoms. The van der Waals surface area contributed by atoms with Crippen molar-refractivity contribution in [1.29, 1.82) is 0 Å². The summed E-state index contributed by atoms with van der Waals surface area (Å²) in [7, 11) is 0. The first-order valence-corrected chi connectivity index (χ1v) is 6.52. The SMILES string of the molecule is CCC1CN=C(NCc2ccc(C)nc2)S1. The monoisotopic (exact) mass is 235 g/mol. The molecular weight excluding hydrogens is 218 g/mol. The molecule has 86 valence electrons. The number of amidine groups is 1. The van der Waals surface area contributed by atoms with E-state index in [0.717, 1.165) is 24.0 Å². The molecule has 1 aliphatic heterocycles. The summed E-state index contributed by atoms with van der Waals surface area (Å²) < 4.78 is 0. The van der Waals surface area contributed by atoms with Crippen molar-refractivity contribution in [3.8, 4) is 0 Å². The third-order valence-corrected chi connectivity index (χ3v) is 3.90. The zero-order valence-electron chi connectivity index (χ0n) is 9.73. The minimum Gasteiger partial charge on any atom is -0.361 e. The highest BCUT2D eigenvalue weighted by molar-refractivity contribution is 8.14. The summed E-state index contributed by atoms with van der Waals surface area (Å²) in [5.41, 5.74) is 2.26. The van der Waals surface area contributed by atoms with Gasteiger partial charge < -0.3 is 5.32 Å². The highest BCUT2D eigenvalue weighted by atomic mass is 32.2. The predicted octanol–water partition coefficient (Wildman–Crippen LogP) is 2.36. The molecule has 16 heavy (non-hydrogen) atoms. The van der Waals surface area contributed by atoms with Crippen LogP contribution >= 0.6 is 11.8 Å². The summed E-state index contributed by atoms with van der Waals surface area (Å²) in [4.78, 5) is 8.74. The van der Waals surface area contributed by atoms with Crippen LogP contribution in [0.4, 0.5) is 0 Å². The average molecular weight is 235 g/mol. The molecule has 0 spiro atoms. The normalized spacial score (nSPS) is 19.6. The third-order valence-electron chi connectivity index (χ3n) is 2.59. The fourth-order valence-electron chi connectivity index (χ4n) is 1.51. The van der Waals surface area contributed by atoms with E-state index >= 15 is 0 Å². The number of hydrogen-bond donors (Lipinski definition) is 1. The van der Waals surface area contributed by atoms with Gasteiger partial charge in [-0.05, 0) is 25.0 Å². The van der Waals surface area contributed by atoms with Crippen molar-refractivity contribution in [3.05, 3.63) is 29.6 Å². The van der Waals surface area contributed by atoms with Crippen LogP contribution < -0.4 is 5.32 Å². The highest BCUT2D eigenvalue weighted by Crippen LogP contribution is 2.22. The predicted molar refractivity (Wildman–Crippen MR) is 69.8 cm³/mol. The molecule has 0 saturated heterocycles. The smallest absolute Gasteiger partial charge is 0.157 e. The fourth-order valence-corrected chi connectivity index (χ4v) is 2.44. The fraction of sp³-hybridized carbons (Fsp3) is 0.500. The van der Waals surface area contributed by atoms with Crippen LogP contribution in [-0.4, -0.2) is 21.9 Å². The van der Waals surface area contributed by atoms with Gasteiger partial charge >= 0.3 is 0 Å². The van der Waals surface area contributed by atoms with Gasteiger partial charge in [0, 0.05) is 23.7 Å². The molecule has 1 aromatic rings. The van der Waals surface area contributed by atoms with Crippen LogP contribution in [0.15, 0.2) is 23.3 Å². The lowest BCUT2D eigenvalue weighted by molar-refractivity contribution is 0.839. The van der Waals surface area contributed by atoms with Crippen LogP contribution in [0.3, 0.4) is 0 Å². The molecule has 1 N–H and O–H groups in total. The molecule has 0 aliphatic carbocycles. The van der Waals surface area contributed by atoms with Gasteiger partial charge in [-0.1, -0.05) is 24.8 Å². The maximum atomic E-state index is 4.47. The second kappa shape index (κ2) is 5.34. The van der Waals surface area contributed by atoms with Gasteiger partial charge in [-0.2, -0.15) is 0 Å². The van der Waals surface area contributed by atoms with E-state index in [1.54, 1.807) is 0 Å². The quantitative estimate of drug-likeness (QED) is 0.874. The molecule has 1 unspecified atom stereocenters. The Morgan fingerprint density at radius 1 is 1.50 bits per heavy atom. The van der Waals surface area contributed by atoms with E-state index < -0.39 is 0 Å². The lowest BCUT2D eigenvalue weighted by Crippen LogP contribution is -2.18. The average Bonchev–Trinajstić information content (AvgIpc) is 2.76. The van der Waals surface area contributed by atoms with Crippen molar-refractivity contribution in [1.82, 2.24) is 10.3 Å². The summed E-state index contributed by atoms with van der Waals surface area (Å²) >= 11 is 1.85. The van der Waals surface area contributed by atoms with E-state index in [9.17, 15) is 0 Å². The molecule has 0 radical (unpaired) electrons. The molecule has 0 amide bonds. The number of nitrogens with one attached hydrogen (secondary N) is 1. The minimum absolute atomic E-state index is 0.665. The Morgan fingerprint density at radius 3 is 3.00 bits per heavy atom. The van der Waals surface area contributed by atoms with E-state index in [4.69, 9.17) is 0 Å². The number of pyridine rings is 1. The number of hydrogen-bond acceptors (Lipinski definition) is 4. The van der Waals surface area contributed by atoms with E-state index in [1.807, 2.05) is 30.9 Å². The Balaban J connectivity index is 1.82. The first-order chi connectivity index (χ1) is 7.78. The Kier molecular flexibility index (Phi) is 3.83. The van der Waals surface area contributed by atoms with Crippen molar-refractivity contribution in [2.45, 2.75) is 32.1 Å². The Labute approximate surface area is 101 Å². The number of thioether (sulfide) groups is 1. The van der Waals surface area contributed by atoms with Crippen molar-refractivity contribution in [2.75, 3.05) is 6.54 Å². The Hall–Kier alpha value is -1.03. The number of aliphatic imine (C=N–C) groups is 1. The molecule has 0 fully saturated rings. The van der Waals surface area contributed by atoms with Gasteiger partial charge in [0.05, 0.1) is 6.54 Å². The van der Waals surface area contributed by atoms with Crippen LogP contribution in [0.1, 0.15) is 24.6 Å². The van der Waals surface area contributed by atoms with E-state index in [-0.39, 0.29) is 0 Å². The lowest BCUT2D eigenvalue weighted by atomic mass is 10.2. The molecule has 2 heterocycles. The van der Waals surface area contributed by atoms with Crippen molar-refractivity contribution in [2.24, 2.45) is 4.99 Å². The molecule has 0 saturated carbocycles. The summed E-state index contributed by atoms with van der Waals surface area (Å²) in [6.07, 6.45) is 3.10. The second-order valence-electron chi connectivity index (χ2n) is 3.96.